The largest absolute Gasteiger partial charge is 0.494 e. The first-order valence-electron chi connectivity index (χ1n) is 6.97. The molecule has 2 rings (SSSR count). The lowest BCUT2D eigenvalue weighted by Crippen LogP contribution is -2.02. The predicted molar refractivity (Wildman–Crippen MR) is 86.2 cm³/mol. The minimum absolute atomic E-state index is 0.700. The van der Waals surface area contributed by atoms with Crippen LogP contribution in [-0.4, -0.2) is 13.2 Å². The lowest BCUT2D eigenvalue weighted by Gasteiger charge is -2.08. The van der Waals surface area contributed by atoms with E-state index in [0.717, 1.165) is 18.0 Å². The number of benzene rings is 2. The number of ether oxygens (including phenoxy) is 1. The van der Waals surface area contributed by atoms with Crippen LogP contribution in [0.2, 0.25) is 0 Å². The van der Waals surface area contributed by atoms with Gasteiger partial charge in [-0.2, -0.15) is 0 Å². The van der Waals surface area contributed by atoms with Crippen molar-refractivity contribution in [3.8, 4) is 5.75 Å². The molecule has 104 valence electrons. The molecular weight excluding hydrogens is 246 g/mol. The average molecular weight is 267 g/mol. The van der Waals surface area contributed by atoms with Crippen LogP contribution in [0, 0.1) is 0 Å². The Hall–Kier alpha value is -2.22. The summed E-state index contributed by atoms with van der Waals surface area (Å²) >= 11 is 0. The maximum Gasteiger partial charge on any atom is 0.119 e. The standard InChI is InChI=1S/C18H21NO/c1-3-20-18-11-9-17(10-12-18)19-14-15(2)13-16-7-5-4-6-8-16/h4-13,19H,3,14H2,1-2H3/b15-13+. The molecule has 0 aliphatic carbocycles. The van der Waals surface area contributed by atoms with Gasteiger partial charge in [-0.1, -0.05) is 42.0 Å². The van der Waals surface area contributed by atoms with E-state index in [4.69, 9.17) is 4.74 Å². The highest BCUT2D eigenvalue weighted by atomic mass is 16.5. The molecular formula is C18H21NO. The molecule has 2 aromatic carbocycles. The van der Waals surface area contributed by atoms with Crippen LogP contribution in [0.5, 0.6) is 5.75 Å². The van der Waals surface area contributed by atoms with Crippen molar-refractivity contribution in [2.75, 3.05) is 18.5 Å². The summed E-state index contributed by atoms with van der Waals surface area (Å²) < 4.78 is 5.43. The van der Waals surface area contributed by atoms with Crippen LogP contribution in [0.3, 0.4) is 0 Å². The van der Waals surface area contributed by atoms with E-state index in [2.05, 4.69) is 42.6 Å². The number of anilines is 1. The lowest BCUT2D eigenvalue weighted by atomic mass is 10.1. The monoisotopic (exact) mass is 267 g/mol. The van der Waals surface area contributed by atoms with Crippen molar-refractivity contribution >= 4 is 11.8 Å². The summed E-state index contributed by atoms with van der Waals surface area (Å²) in [5, 5.41) is 3.41. The van der Waals surface area contributed by atoms with E-state index >= 15 is 0 Å². The molecule has 0 aromatic heterocycles. The number of rotatable bonds is 6. The third kappa shape index (κ3) is 4.47. The van der Waals surface area contributed by atoms with Crippen LogP contribution in [0.15, 0.2) is 60.2 Å². The van der Waals surface area contributed by atoms with Gasteiger partial charge in [0, 0.05) is 12.2 Å². The fraction of sp³-hybridized carbons (Fsp3) is 0.222. The Morgan fingerprint density at radius 3 is 2.40 bits per heavy atom. The first kappa shape index (κ1) is 14.2. The fourth-order valence-corrected chi connectivity index (χ4v) is 1.96. The van der Waals surface area contributed by atoms with E-state index in [1.165, 1.54) is 11.1 Å². The Balaban J connectivity index is 1.90. The molecule has 0 atom stereocenters. The van der Waals surface area contributed by atoms with E-state index in [-0.39, 0.29) is 0 Å². The number of hydrogen-bond acceptors (Lipinski definition) is 2. The molecule has 0 fully saturated rings. The summed E-state index contributed by atoms with van der Waals surface area (Å²) in [6.45, 7) is 5.66. The first-order chi connectivity index (χ1) is 9.78. The molecule has 2 heteroatoms. The zero-order chi connectivity index (χ0) is 14.2. The van der Waals surface area contributed by atoms with Crippen LogP contribution >= 0.6 is 0 Å². The second kappa shape index (κ2) is 7.39. The van der Waals surface area contributed by atoms with Crippen LogP contribution in [0.1, 0.15) is 19.4 Å². The first-order valence-corrected chi connectivity index (χ1v) is 6.97. The fourth-order valence-electron chi connectivity index (χ4n) is 1.96. The van der Waals surface area contributed by atoms with Crippen molar-refractivity contribution in [2.45, 2.75) is 13.8 Å². The molecule has 0 radical (unpaired) electrons. The summed E-state index contributed by atoms with van der Waals surface area (Å²) in [6.07, 6.45) is 2.20. The van der Waals surface area contributed by atoms with E-state index in [9.17, 15) is 0 Å². The SMILES string of the molecule is CCOc1ccc(NC/C(C)=C/c2ccccc2)cc1. The van der Waals surface area contributed by atoms with Crippen LogP contribution in [-0.2, 0) is 0 Å². The molecule has 0 amide bonds. The molecule has 0 saturated carbocycles. The summed E-state index contributed by atoms with van der Waals surface area (Å²) in [6, 6.07) is 18.4. The molecule has 2 aromatic rings. The molecule has 0 unspecified atom stereocenters. The molecule has 2 nitrogen and oxygen atoms in total. The average Bonchev–Trinajstić information content (AvgIpc) is 2.48. The second-order valence-corrected chi connectivity index (χ2v) is 4.71. The Morgan fingerprint density at radius 1 is 1.05 bits per heavy atom. The molecule has 0 aliphatic heterocycles. The Labute approximate surface area is 121 Å². The predicted octanol–water partition coefficient (Wildman–Crippen LogP) is 4.60. The van der Waals surface area contributed by atoms with Crippen LogP contribution < -0.4 is 10.1 Å². The van der Waals surface area contributed by atoms with Crippen molar-refractivity contribution in [1.29, 1.82) is 0 Å². The van der Waals surface area contributed by atoms with Gasteiger partial charge in [0.2, 0.25) is 0 Å². The Kier molecular flexibility index (Phi) is 5.24. The van der Waals surface area contributed by atoms with Crippen molar-refractivity contribution in [3.63, 3.8) is 0 Å². The van der Waals surface area contributed by atoms with E-state index in [1.54, 1.807) is 0 Å². The van der Waals surface area contributed by atoms with Gasteiger partial charge >= 0.3 is 0 Å². The van der Waals surface area contributed by atoms with Gasteiger partial charge in [-0.15, -0.1) is 0 Å². The summed E-state index contributed by atoms with van der Waals surface area (Å²) in [5.41, 5.74) is 3.64. The van der Waals surface area contributed by atoms with Gasteiger partial charge in [-0.05, 0) is 43.7 Å². The van der Waals surface area contributed by atoms with Crippen molar-refractivity contribution in [1.82, 2.24) is 0 Å². The molecule has 0 aliphatic rings. The van der Waals surface area contributed by atoms with E-state index in [0.29, 0.717) is 6.61 Å². The molecule has 0 saturated heterocycles. The topological polar surface area (TPSA) is 21.3 Å². The molecule has 0 spiro atoms. The highest BCUT2D eigenvalue weighted by Crippen LogP contribution is 2.16. The summed E-state index contributed by atoms with van der Waals surface area (Å²) in [5.74, 6) is 0.912. The summed E-state index contributed by atoms with van der Waals surface area (Å²) in [4.78, 5) is 0. The van der Waals surface area contributed by atoms with Gasteiger partial charge in [0.15, 0.2) is 0 Å². The minimum atomic E-state index is 0.700. The maximum atomic E-state index is 5.43. The minimum Gasteiger partial charge on any atom is -0.494 e. The van der Waals surface area contributed by atoms with Gasteiger partial charge < -0.3 is 10.1 Å². The van der Waals surface area contributed by atoms with Gasteiger partial charge in [-0.25, -0.2) is 0 Å². The van der Waals surface area contributed by atoms with Gasteiger partial charge in [-0.3, -0.25) is 0 Å². The highest BCUT2D eigenvalue weighted by molar-refractivity contribution is 5.54. The van der Waals surface area contributed by atoms with Crippen LogP contribution in [0.4, 0.5) is 5.69 Å². The van der Waals surface area contributed by atoms with Gasteiger partial charge in [0.05, 0.1) is 6.61 Å². The Morgan fingerprint density at radius 2 is 1.75 bits per heavy atom. The normalized spacial score (nSPS) is 11.2. The quantitative estimate of drug-likeness (QED) is 0.825. The molecule has 20 heavy (non-hydrogen) atoms. The van der Waals surface area contributed by atoms with Crippen LogP contribution in [0.25, 0.3) is 6.08 Å². The molecule has 0 heterocycles. The lowest BCUT2D eigenvalue weighted by molar-refractivity contribution is 0.340. The van der Waals surface area contributed by atoms with E-state index < -0.39 is 0 Å². The zero-order valence-corrected chi connectivity index (χ0v) is 12.1. The van der Waals surface area contributed by atoms with Gasteiger partial charge in [0.25, 0.3) is 0 Å². The highest BCUT2D eigenvalue weighted by Gasteiger charge is 1.95. The van der Waals surface area contributed by atoms with Crippen molar-refractivity contribution in [2.24, 2.45) is 0 Å². The Bertz CT molecular complexity index is 543. The smallest absolute Gasteiger partial charge is 0.119 e. The molecule has 0 bridgehead atoms. The summed E-state index contributed by atoms with van der Waals surface area (Å²) in [7, 11) is 0. The third-order valence-electron chi connectivity index (χ3n) is 2.95. The zero-order valence-electron chi connectivity index (χ0n) is 12.1. The maximum absolute atomic E-state index is 5.43. The van der Waals surface area contributed by atoms with Crippen molar-refractivity contribution in [3.05, 3.63) is 65.7 Å². The number of nitrogens with one attached hydrogen (secondary N) is 1. The van der Waals surface area contributed by atoms with Crippen molar-refractivity contribution < 1.29 is 4.74 Å². The number of hydrogen-bond donors (Lipinski definition) is 1. The molecule has 1 N–H and O–H groups in total. The van der Waals surface area contributed by atoms with Gasteiger partial charge in [0.1, 0.15) is 5.75 Å². The van der Waals surface area contributed by atoms with E-state index in [1.807, 2.05) is 37.3 Å². The third-order valence-corrected chi connectivity index (χ3v) is 2.95. The second-order valence-electron chi connectivity index (χ2n) is 4.71.